The van der Waals surface area contributed by atoms with Gasteiger partial charge in [0.15, 0.2) is 0 Å². The highest BCUT2D eigenvalue weighted by Crippen LogP contribution is 2.21. The van der Waals surface area contributed by atoms with Crippen molar-refractivity contribution in [1.29, 1.82) is 0 Å². The second kappa shape index (κ2) is 7.17. The molecule has 2 N–H and O–H groups in total. The minimum atomic E-state index is -4.28. The summed E-state index contributed by atoms with van der Waals surface area (Å²) in [6.07, 6.45) is -4.33. The summed E-state index contributed by atoms with van der Waals surface area (Å²) in [7, 11) is 0. The van der Waals surface area contributed by atoms with E-state index < -0.39 is 24.5 Å². The fourth-order valence-corrected chi connectivity index (χ4v) is 1.71. The predicted molar refractivity (Wildman–Crippen MR) is 72.8 cm³/mol. The minimum absolute atomic E-state index is 0.348. The van der Waals surface area contributed by atoms with Gasteiger partial charge in [-0.15, -0.1) is 0 Å². The first-order chi connectivity index (χ1) is 9.31. The van der Waals surface area contributed by atoms with E-state index in [1.54, 1.807) is 24.3 Å². The summed E-state index contributed by atoms with van der Waals surface area (Å²) < 4.78 is 36.5. The van der Waals surface area contributed by atoms with Crippen molar-refractivity contribution in [2.24, 2.45) is 0 Å². The number of nitrogens with one attached hydrogen (secondary N) is 2. The van der Waals surface area contributed by atoms with E-state index in [1.165, 1.54) is 6.92 Å². The predicted octanol–water partition coefficient (Wildman–Crippen LogP) is 3.58. The zero-order valence-corrected chi connectivity index (χ0v) is 11.6. The molecule has 3 nitrogen and oxygen atoms in total. The maximum absolute atomic E-state index is 12.2. The van der Waals surface area contributed by atoms with Gasteiger partial charge < -0.3 is 10.6 Å². The molecule has 1 atom stereocenters. The van der Waals surface area contributed by atoms with E-state index in [4.69, 9.17) is 0 Å². The molecule has 0 heterocycles. The number of benzene rings is 1. The van der Waals surface area contributed by atoms with Gasteiger partial charge in [0.05, 0.1) is 6.42 Å². The zero-order valence-electron chi connectivity index (χ0n) is 11.6. The van der Waals surface area contributed by atoms with Crippen molar-refractivity contribution in [3.63, 3.8) is 0 Å². The number of rotatable bonds is 6. The van der Waals surface area contributed by atoms with Gasteiger partial charge in [-0.05, 0) is 37.6 Å². The number of anilines is 1. The molecule has 20 heavy (non-hydrogen) atoms. The number of carbonyl (C=O) groups is 1. The molecule has 0 radical (unpaired) electrons. The summed E-state index contributed by atoms with van der Waals surface area (Å²) in [5.41, 5.74) is 1.23. The molecule has 1 rings (SSSR count). The van der Waals surface area contributed by atoms with Crippen molar-refractivity contribution in [2.45, 2.75) is 38.9 Å². The standard InChI is InChI=1S/C14H19F3N2O/c1-3-8-18-12-6-4-11(5-7-12)13(20)19-10(2)9-14(15,16)17/h4-7,10,18H,3,8-9H2,1-2H3,(H,19,20). The summed E-state index contributed by atoms with van der Waals surface area (Å²) >= 11 is 0. The van der Waals surface area contributed by atoms with Crippen molar-refractivity contribution in [3.8, 4) is 0 Å². The monoisotopic (exact) mass is 288 g/mol. The summed E-state index contributed by atoms with van der Waals surface area (Å²) in [6, 6.07) is 5.71. The lowest BCUT2D eigenvalue weighted by Gasteiger charge is -2.16. The molecule has 1 aromatic rings. The third kappa shape index (κ3) is 5.95. The Balaban J connectivity index is 2.55. The molecule has 0 bridgehead atoms. The number of hydrogen-bond acceptors (Lipinski definition) is 2. The van der Waals surface area contributed by atoms with E-state index in [2.05, 4.69) is 10.6 Å². The van der Waals surface area contributed by atoms with Crippen LogP contribution in [-0.4, -0.2) is 24.7 Å². The average Bonchev–Trinajstić information content (AvgIpc) is 2.34. The van der Waals surface area contributed by atoms with Crippen LogP contribution < -0.4 is 10.6 Å². The van der Waals surface area contributed by atoms with E-state index in [1.807, 2.05) is 6.92 Å². The molecule has 0 aliphatic heterocycles. The molecule has 1 aromatic carbocycles. The molecular formula is C14H19F3N2O. The lowest BCUT2D eigenvalue weighted by molar-refractivity contribution is -0.138. The third-order valence-corrected chi connectivity index (χ3v) is 2.64. The fraction of sp³-hybridized carbons (Fsp3) is 0.500. The van der Waals surface area contributed by atoms with Gasteiger partial charge in [0.2, 0.25) is 0 Å². The molecule has 1 amide bonds. The van der Waals surface area contributed by atoms with E-state index in [9.17, 15) is 18.0 Å². The second-order valence-corrected chi connectivity index (χ2v) is 4.70. The van der Waals surface area contributed by atoms with Gasteiger partial charge in [-0.2, -0.15) is 13.2 Å². The first-order valence-corrected chi connectivity index (χ1v) is 6.53. The van der Waals surface area contributed by atoms with Crippen molar-refractivity contribution in [2.75, 3.05) is 11.9 Å². The number of amides is 1. The molecular weight excluding hydrogens is 269 g/mol. The summed E-state index contributed by atoms with van der Waals surface area (Å²) in [5.74, 6) is -0.496. The Morgan fingerprint density at radius 2 is 1.85 bits per heavy atom. The van der Waals surface area contributed by atoms with Crippen LogP contribution in [0.1, 0.15) is 37.0 Å². The van der Waals surface area contributed by atoms with Crippen LogP contribution in [0.5, 0.6) is 0 Å². The molecule has 0 saturated carbocycles. The van der Waals surface area contributed by atoms with Crippen LogP contribution in [0, 0.1) is 0 Å². The highest BCUT2D eigenvalue weighted by Gasteiger charge is 2.30. The zero-order chi connectivity index (χ0) is 15.2. The van der Waals surface area contributed by atoms with Gasteiger partial charge in [0.1, 0.15) is 0 Å². The van der Waals surface area contributed by atoms with E-state index in [0.29, 0.717) is 5.56 Å². The van der Waals surface area contributed by atoms with Gasteiger partial charge in [0, 0.05) is 23.8 Å². The third-order valence-electron chi connectivity index (χ3n) is 2.64. The van der Waals surface area contributed by atoms with E-state index >= 15 is 0 Å². The Bertz CT molecular complexity index is 429. The molecule has 0 saturated heterocycles. The lowest BCUT2D eigenvalue weighted by Crippen LogP contribution is -2.35. The SMILES string of the molecule is CCCNc1ccc(C(=O)NC(C)CC(F)(F)F)cc1. The maximum atomic E-state index is 12.2. The van der Waals surface area contributed by atoms with Crippen LogP contribution in [0.15, 0.2) is 24.3 Å². The first kappa shape index (κ1) is 16.3. The van der Waals surface area contributed by atoms with Crippen LogP contribution in [0.2, 0.25) is 0 Å². The van der Waals surface area contributed by atoms with Crippen molar-refractivity contribution >= 4 is 11.6 Å². The molecule has 0 spiro atoms. The Labute approximate surface area is 116 Å². The Hall–Kier alpha value is -1.72. The molecule has 6 heteroatoms. The van der Waals surface area contributed by atoms with Crippen molar-refractivity contribution in [1.82, 2.24) is 5.32 Å². The van der Waals surface area contributed by atoms with Gasteiger partial charge in [-0.25, -0.2) is 0 Å². The van der Waals surface area contributed by atoms with Crippen LogP contribution in [0.3, 0.4) is 0 Å². The smallest absolute Gasteiger partial charge is 0.385 e. The number of halogens is 3. The van der Waals surface area contributed by atoms with Crippen LogP contribution >= 0.6 is 0 Å². The van der Waals surface area contributed by atoms with Gasteiger partial charge in [0.25, 0.3) is 5.91 Å². The normalized spacial score (nSPS) is 12.8. The van der Waals surface area contributed by atoms with E-state index in [0.717, 1.165) is 18.7 Å². The van der Waals surface area contributed by atoms with Crippen LogP contribution in [0.25, 0.3) is 0 Å². The maximum Gasteiger partial charge on any atom is 0.391 e. The van der Waals surface area contributed by atoms with Crippen LogP contribution in [0.4, 0.5) is 18.9 Å². The summed E-state index contributed by atoms with van der Waals surface area (Å²) in [4.78, 5) is 11.8. The second-order valence-electron chi connectivity index (χ2n) is 4.70. The number of hydrogen-bond donors (Lipinski definition) is 2. The number of alkyl halides is 3. The summed E-state index contributed by atoms with van der Waals surface area (Å²) in [5, 5.41) is 5.49. The minimum Gasteiger partial charge on any atom is -0.385 e. The molecule has 0 fully saturated rings. The first-order valence-electron chi connectivity index (χ1n) is 6.53. The van der Waals surface area contributed by atoms with Gasteiger partial charge in [-0.3, -0.25) is 4.79 Å². The average molecular weight is 288 g/mol. The molecule has 0 aliphatic carbocycles. The van der Waals surface area contributed by atoms with Crippen LogP contribution in [-0.2, 0) is 0 Å². The Morgan fingerprint density at radius 1 is 1.25 bits per heavy atom. The molecule has 1 unspecified atom stereocenters. The highest BCUT2D eigenvalue weighted by atomic mass is 19.4. The highest BCUT2D eigenvalue weighted by molar-refractivity contribution is 5.94. The largest absolute Gasteiger partial charge is 0.391 e. The van der Waals surface area contributed by atoms with Gasteiger partial charge >= 0.3 is 6.18 Å². The van der Waals surface area contributed by atoms with E-state index in [-0.39, 0.29) is 0 Å². The van der Waals surface area contributed by atoms with Gasteiger partial charge in [-0.1, -0.05) is 6.92 Å². The quantitative estimate of drug-likeness (QED) is 0.840. The lowest BCUT2D eigenvalue weighted by atomic mass is 10.1. The van der Waals surface area contributed by atoms with Crippen molar-refractivity contribution < 1.29 is 18.0 Å². The fourth-order valence-electron chi connectivity index (χ4n) is 1.71. The number of carbonyl (C=O) groups excluding carboxylic acids is 1. The Kier molecular flexibility index (Phi) is 5.85. The molecule has 112 valence electrons. The summed E-state index contributed by atoms with van der Waals surface area (Å²) in [6.45, 7) is 4.20. The topological polar surface area (TPSA) is 41.1 Å². The molecule has 0 aliphatic rings. The molecule has 0 aromatic heterocycles. The Morgan fingerprint density at radius 3 is 2.35 bits per heavy atom. The van der Waals surface area contributed by atoms with Crippen molar-refractivity contribution in [3.05, 3.63) is 29.8 Å².